The largest absolute Gasteiger partial charge is 0.489 e. The summed E-state index contributed by atoms with van der Waals surface area (Å²) in [5.74, 6) is 0.705. The molecular weight excluding hydrogens is 246 g/mol. The highest BCUT2D eigenvalue weighted by Crippen LogP contribution is 2.27. The van der Waals surface area contributed by atoms with Gasteiger partial charge in [0, 0.05) is 11.8 Å². The van der Waals surface area contributed by atoms with E-state index < -0.39 is 0 Å². The van der Waals surface area contributed by atoms with E-state index in [1.54, 1.807) is 12.4 Å². The Morgan fingerprint density at radius 2 is 2.12 bits per heavy atom. The quantitative estimate of drug-likeness (QED) is 0.846. The highest BCUT2D eigenvalue weighted by molar-refractivity contribution is 6.99. The summed E-state index contributed by atoms with van der Waals surface area (Å²) in [6.45, 7) is 3.92. The lowest BCUT2D eigenvalue weighted by Gasteiger charge is -2.09. The van der Waals surface area contributed by atoms with Crippen LogP contribution in [0.25, 0.3) is 11.3 Å². The Kier molecular flexibility index (Phi) is 3.36. The average molecular weight is 256 g/mol. The topological polar surface area (TPSA) is 47.9 Å². The molecule has 0 N–H and O–H groups in total. The Morgan fingerprint density at radius 3 is 2.75 bits per heavy atom. The van der Waals surface area contributed by atoms with Crippen molar-refractivity contribution >= 4 is 23.3 Å². The average Bonchev–Trinajstić information content (AvgIpc) is 2.64. The lowest BCUT2D eigenvalue weighted by molar-refractivity contribution is 0.241. The maximum atomic E-state index is 5.90. The number of halogens is 1. The van der Waals surface area contributed by atoms with Gasteiger partial charge in [-0.3, -0.25) is 4.98 Å². The maximum Gasteiger partial charge on any atom is 0.170 e. The van der Waals surface area contributed by atoms with Crippen LogP contribution in [0.4, 0.5) is 0 Å². The van der Waals surface area contributed by atoms with Crippen LogP contribution in [0, 0.1) is 0 Å². The van der Waals surface area contributed by atoms with Crippen molar-refractivity contribution in [3.05, 3.63) is 23.6 Å². The van der Waals surface area contributed by atoms with Gasteiger partial charge in [-0.25, -0.2) is 0 Å². The van der Waals surface area contributed by atoms with Crippen molar-refractivity contribution in [1.82, 2.24) is 13.7 Å². The van der Waals surface area contributed by atoms with Gasteiger partial charge in [-0.15, -0.1) is 0 Å². The lowest BCUT2D eigenvalue weighted by atomic mass is 10.2. The van der Waals surface area contributed by atoms with Crippen LogP contribution in [-0.2, 0) is 0 Å². The Morgan fingerprint density at radius 1 is 1.31 bits per heavy atom. The molecule has 6 heteroatoms. The molecule has 0 unspecified atom stereocenters. The number of nitrogens with zero attached hydrogens (tertiary/aromatic N) is 3. The molecular formula is C10H10ClN3OS. The van der Waals surface area contributed by atoms with E-state index in [1.807, 2.05) is 19.9 Å². The molecule has 2 aromatic heterocycles. The standard InChI is InChI=1S/C10H10ClN3OS/c1-6(2)15-8-3-7(4-12-5-8)9-10(11)14-16-13-9/h3-6H,1-2H3. The highest BCUT2D eigenvalue weighted by Gasteiger charge is 2.10. The maximum absolute atomic E-state index is 5.90. The van der Waals surface area contributed by atoms with Gasteiger partial charge in [0.2, 0.25) is 0 Å². The molecule has 84 valence electrons. The van der Waals surface area contributed by atoms with Crippen molar-refractivity contribution in [3.63, 3.8) is 0 Å². The van der Waals surface area contributed by atoms with E-state index in [0.29, 0.717) is 16.6 Å². The van der Waals surface area contributed by atoms with Crippen molar-refractivity contribution in [2.45, 2.75) is 20.0 Å². The minimum absolute atomic E-state index is 0.112. The molecule has 2 aromatic rings. The summed E-state index contributed by atoms with van der Waals surface area (Å²) in [5, 5.41) is 0.397. The second-order valence-electron chi connectivity index (χ2n) is 3.48. The number of hydrogen-bond donors (Lipinski definition) is 0. The van der Waals surface area contributed by atoms with Gasteiger partial charge in [0.25, 0.3) is 0 Å². The SMILES string of the molecule is CC(C)Oc1cncc(-c2nsnc2Cl)c1. The molecule has 4 nitrogen and oxygen atoms in total. The van der Waals surface area contributed by atoms with Gasteiger partial charge in [0.05, 0.1) is 24.0 Å². The zero-order valence-corrected chi connectivity index (χ0v) is 10.4. The molecule has 0 fully saturated rings. The molecule has 0 aliphatic carbocycles. The van der Waals surface area contributed by atoms with Crippen LogP contribution in [0.1, 0.15) is 13.8 Å². The minimum Gasteiger partial charge on any atom is -0.489 e. The second kappa shape index (κ2) is 4.76. The van der Waals surface area contributed by atoms with E-state index in [9.17, 15) is 0 Å². The molecule has 0 spiro atoms. The molecule has 2 rings (SSSR count). The predicted octanol–water partition coefficient (Wildman–Crippen LogP) is 3.04. The van der Waals surface area contributed by atoms with E-state index in [4.69, 9.17) is 16.3 Å². The van der Waals surface area contributed by atoms with Crippen LogP contribution in [0.2, 0.25) is 5.15 Å². The summed E-state index contributed by atoms with van der Waals surface area (Å²) >= 11 is 6.98. The molecule has 0 atom stereocenters. The van der Waals surface area contributed by atoms with Crippen LogP contribution in [0.3, 0.4) is 0 Å². The fourth-order valence-corrected chi connectivity index (χ4v) is 2.00. The van der Waals surface area contributed by atoms with Crippen molar-refractivity contribution in [2.24, 2.45) is 0 Å². The minimum atomic E-state index is 0.112. The number of aromatic nitrogens is 3. The lowest BCUT2D eigenvalue weighted by Crippen LogP contribution is -2.05. The molecule has 0 saturated heterocycles. The van der Waals surface area contributed by atoms with Crippen LogP contribution in [0.15, 0.2) is 18.5 Å². The summed E-state index contributed by atoms with van der Waals surface area (Å²) < 4.78 is 13.6. The molecule has 0 saturated carbocycles. The molecule has 0 radical (unpaired) electrons. The fraction of sp³-hybridized carbons (Fsp3) is 0.300. The molecule has 16 heavy (non-hydrogen) atoms. The van der Waals surface area contributed by atoms with Gasteiger partial charge >= 0.3 is 0 Å². The van der Waals surface area contributed by atoms with Crippen molar-refractivity contribution in [2.75, 3.05) is 0 Å². The Hall–Kier alpha value is -1.20. The first-order valence-corrected chi connectivity index (χ1v) is 5.88. The monoisotopic (exact) mass is 255 g/mol. The summed E-state index contributed by atoms with van der Waals surface area (Å²) in [6, 6.07) is 1.86. The zero-order valence-electron chi connectivity index (χ0n) is 8.85. The molecule has 0 aromatic carbocycles. The predicted molar refractivity (Wildman–Crippen MR) is 63.9 cm³/mol. The third-order valence-corrected chi connectivity index (χ3v) is 2.70. The van der Waals surface area contributed by atoms with Gasteiger partial charge in [-0.2, -0.15) is 8.75 Å². The van der Waals surface area contributed by atoms with Gasteiger partial charge in [-0.05, 0) is 19.9 Å². The van der Waals surface area contributed by atoms with Crippen LogP contribution in [0.5, 0.6) is 5.75 Å². The molecule has 0 bridgehead atoms. The first kappa shape index (κ1) is 11.3. The van der Waals surface area contributed by atoms with E-state index in [0.717, 1.165) is 17.3 Å². The molecule has 0 aliphatic heterocycles. The summed E-state index contributed by atoms with van der Waals surface area (Å²) in [5.41, 5.74) is 1.46. The Balaban J connectivity index is 2.33. The second-order valence-corrected chi connectivity index (χ2v) is 4.37. The normalized spacial score (nSPS) is 10.8. The molecule has 0 amide bonds. The number of rotatable bonds is 3. The van der Waals surface area contributed by atoms with E-state index in [-0.39, 0.29) is 6.10 Å². The van der Waals surface area contributed by atoms with Crippen molar-refractivity contribution < 1.29 is 4.74 Å². The third kappa shape index (κ3) is 2.48. The Labute approximate surface area is 103 Å². The summed E-state index contributed by atoms with van der Waals surface area (Å²) in [7, 11) is 0. The van der Waals surface area contributed by atoms with E-state index >= 15 is 0 Å². The Bertz CT molecular complexity index is 486. The van der Waals surface area contributed by atoms with Crippen LogP contribution >= 0.6 is 23.3 Å². The van der Waals surface area contributed by atoms with Crippen LogP contribution in [-0.4, -0.2) is 19.8 Å². The van der Waals surface area contributed by atoms with Crippen molar-refractivity contribution in [1.29, 1.82) is 0 Å². The first-order valence-electron chi connectivity index (χ1n) is 4.77. The van der Waals surface area contributed by atoms with Crippen molar-refractivity contribution in [3.8, 4) is 17.0 Å². The number of hydrogen-bond acceptors (Lipinski definition) is 5. The smallest absolute Gasteiger partial charge is 0.170 e. The molecule has 2 heterocycles. The van der Waals surface area contributed by atoms with E-state index in [1.165, 1.54) is 0 Å². The van der Waals surface area contributed by atoms with Crippen LogP contribution < -0.4 is 4.74 Å². The zero-order chi connectivity index (χ0) is 11.5. The third-order valence-electron chi connectivity index (χ3n) is 1.81. The fourth-order valence-electron chi connectivity index (χ4n) is 1.23. The van der Waals surface area contributed by atoms with Gasteiger partial charge in [-0.1, -0.05) is 11.6 Å². The van der Waals surface area contributed by atoms with Gasteiger partial charge < -0.3 is 4.74 Å². The highest BCUT2D eigenvalue weighted by atomic mass is 35.5. The summed E-state index contributed by atoms with van der Waals surface area (Å²) in [4.78, 5) is 4.09. The van der Waals surface area contributed by atoms with E-state index in [2.05, 4.69) is 13.7 Å². The number of pyridine rings is 1. The van der Waals surface area contributed by atoms with Gasteiger partial charge in [0.15, 0.2) is 5.15 Å². The first-order chi connectivity index (χ1) is 7.66. The number of ether oxygens (including phenoxy) is 1. The van der Waals surface area contributed by atoms with Gasteiger partial charge in [0.1, 0.15) is 11.4 Å². The molecule has 0 aliphatic rings. The summed E-state index contributed by atoms with van der Waals surface area (Å²) in [6.07, 6.45) is 3.47.